The molecule has 10 heteroatoms. The molecule has 33 heavy (non-hydrogen) atoms. The first-order valence-corrected chi connectivity index (χ1v) is 11.2. The van der Waals surface area contributed by atoms with E-state index in [0.29, 0.717) is 32.4 Å². The molecule has 1 amide bonds. The monoisotopic (exact) mass is 485 g/mol. The van der Waals surface area contributed by atoms with Crippen molar-refractivity contribution in [2.24, 2.45) is 0 Å². The van der Waals surface area contributed by atoms with Gasteiger partial charge < -0.3 is 14.8 Å². The first kappa shape index (κ1) is 22.6. The molecule has 0 radical (unpaired) electrons. The van der Waals surface area contributed by atoms with Crippen LogP contribution in [0.5, 0.6) is 11.5 Å². The van der Waals surface area contributed by atoms with E-state index in [1.807, 2.05) is 6.07 Å². The molecule has 170 valence electrons. The summed E-state index contributed by atoms with van der Waals surface area (Å²) in [5, 5.41) is 5.00. The van der Waals surface area contributed by atoms with Gasteiger partial charge in [-0.2, -0.15) is 0 Å². The SMILES string of the molecule is COc1cccc(CNC(=O)Cn2c(=O)n(-c3ccc(Cl)cc3)c(=O)c3sccc32)c1OC. The zero-order valence-electron chi connectivity index (χ0n) is 17.8. The van der Waals surface area contributed by atoms with Crippen LogP contribution in [0.15, 0.2) is 63.5 Å². The van der Waals surface area contributed by atoms with E-state index in [1.165, 1.54) is 30.1 Å². The number of aromatic nitrogens is 2. The molecular weight excluding hydrogens is 466 g/mol. The highest BCUT2D eigenvalue weighted by molar-refractivity contribution is 7.17. The molecular formula is C23H20ClN3O5S. The highest BCUT2D eigenvalue weighted by Gasteiger charge is 2.18. The molecule has 8 nitrogen and oxygen atoms in total. The van der Waals surface area contributed by atoms with E-state index in [9.17, 15) is 14.4 Å². The highest BCUT2D eigenvalue weighted by Crippen LogP contribution is 2.30. The standard InChI is InChI=1S/C23H20ClN3O5S/c1-31-18-5-3-4-14(20(18)32-2)12-25-19(28)13-26-17-10-11-33-21(17)22(29)27(23(26)30)16-8-6-15(24)7-9-16/h3-11H,12-13H2,1-2H3,(H,25,28). The quantitative estimate of drug-likeness (QED) is 0.434. The normalized spacial score (nSPS) is 10.9. The number of nitrogens with zero attached hydrogens (tertiary/aromatic N) is 2. The second-order valence-electron chi connectivity index (χ2n) is 7.05. The van der Waals surface area contributed by atoms with Crippen LogP contribution in [0.1, 0.15) is 5.56 Å². The van der Waals surface area contributed by atoms with E-state index >= 15 is 0 Å². The van der Waals surface area contributed by atoms with E-state index in [-0.39, 0.29) is 13.1 Å². The Morgan fingerprint density at radius 3 is 2.52 bits per heavy atom. The number of benzene rings is 2. The number of halogens is 1. The molecule has 0 spiro atoms. The fourth-order valence-electron chi connectivity index (χ4n) is 3.54. The number of rotatable bonds is 7. The first-order chi connectivity index (χ1) is 15.9. The lowest BCUT2D eigenvalue weighted by Crippen LogP contribution is -2.41. The largest absolute Gasteiger partial charge is 0.493 e. The molecule has 0 aliphatic heterocycles. The number of carbonyl (C=O) groups is 1. The molecule has 0 saturated heterocycles. The van der Waals surface area contributed by atoms with Gasteiger partial charge in [-0.1, -0.05) is 23.7 Å². The minimum absolute atomic E-state index is 0.178. The number of hydrogen-bond acceptors (Lipinski definition) is 6. The van der Waals surface area contributed by atoms with Gasteiger partial charge in [-0.05, 0) is 41.8 Å². The van der Waals surface area contributed by atoms with Gasteiger partial charge in [0.25, 0.3) is 5.56 Å². The fourth-order valence-corrected chi connectivity index (χ4v) is 4.49. The van der Waals surface area contributed by atoms with Gasteiger partial charge in [-0.3, -0.25) is 14.2 Å². The van der Waals surface area contributed by atoms with Crippen molar-refractivity contribution in [1.82, 2.24) is 14.5 Å². The van der Waals surface area contributed by atoms with Crippen molar-refractivity contribution >= 4 is 39.1 Å². The summed E-state index contributed by atoms with van der Waals surface area (Å²) in [4.78, 5) is 39.0. The van der Waals surface area contributed by atoms with Crippen molar-refractivity contribution in [3.63, 3.8) is 0 Å². The van der Waals surface area contributed by atoms with Crippen LogP contribution in [0, 0.1) is 0 Å². The van der Waals surface area contributed by atoms with E-state index in [0.717, 1.165) is 10.1 Å². The molecule has 0 aliphatic carbocycles. The van der Waals surface area contributed by atoms with Crippen LogP contribution in [0.3, 0.4) is 0 Å². The van der Waals surface area contributed by atoms with Crippen LogP contribution >= 0.6 is 22.9 Å². The van der Waals surface area contributed by atoms with Gasteiger partial charge in [0.05, 0.1) is 25.4 Å². The first-order valence-electron chi connectivity index (χ1n) is 9.90. The van der Waals surface area contributed by atoms with Gasteiger partial charge in [0, 0.05) is 17.1 Å². The topological polar surface area (TPSA) is 91.6 Å². The Balaban J connectivity index is 1.66. The Morgan fingerprint density at radius 1 is 1.06 bits per heavy atom. The lowest BCUT2D eigenvalue weighted by atomic mass is 10.2. The van der Waals surface area contributed by atoms with Crippen LogP contribution in [0.2, 0.25) is 5.02 Å². The third-order valence-corrected chi connectivity index (χ3v) is 6.25. The molecule has 4 rings (SSSR count). The zero-order valence-corrected chi connectivity index (χ0v) is 19.4. The number of hydrogen-bond donors (Lipinski definition) is 1. The molecule has 0 bridgehead atoms. The minimum Gasteiger partial charge on any atom is -0.493 e. The van der Waals surface area contributed by atoms with Gasteiger partial charge in [0.2, 0.25) is 5.91 Å². The number of carbonyl (C=O) groups excluding carboxylic acids is 1. The van der Waals surface area contributed by atoms with Gasteiger partial charge >= 0.3 is 5.69 Å². The number of fused-ring (bicyclic) bond motifs is 1. The van der Waals surface area contributed by atoms with Crippen LogP contribution in [0.4, 0.5) is 0 Å². The smallest absolute Gasteiger partial charge is 0.336 e. The van der Waals surface area contributed by atoms with Crippen molar-refractivity contribution in [2.75, 3.05) is 14.2 Å². The molecule has 4 aromatic rings. The second kappa shape index (κ2) is 9.51. The summed E-state index contributed by atoms with van der Waals surface area (Å²) < 4.78 is 13.4. The van der Waals surface area contributed by atoms with E-state index in [1.54, 1.807) is 47.8 Å². The Kier molecular flexibility index (Phi) is 6.52. The molecule has 2 aromatic carbocycles. The van der Waals surface area contributed by atoms with Crippen molar-refractivity contribution in [3.05, 3.63) is 85.3 Å². The Labute approximate surface area is 197 Å². The summed E-state index contributed by atoms with van der Waals surface area (Å²) in [6, 6.07) is 13.4. The number of para-hydroxylation sites is 1. The summed E-state index contributed by atoms with van der Waals surface area (Å²) in [6.45, 7) is -0.0796. The van der Waals surface area contributed by atoms with Crippen molar-refractivity contribution < 1.29 is 14.3 Å². The minimum atomic E-state index is -0.609. The van der Waals surface area contributed by atoms with Crippen molar-refractivity contribution in [3.8, 4) is 17.2 Å². The zero-order chi connectivity index (χ0) is 23.5. The van der Waals surface area contributed by atoms with Crippen LogP contribution in [-0.2, 0) is 17.9 Å². The molecule has 2 aromatic heterocycles. The van der Waals surface area contributed by atoms with Crippen LogP contribution < -0.4 is 26.0 Å². The molecule has 0 fully saturated rings. The average Bonchev–Trinajstić information content (AvgIpc) is 3.31. The highest BCUT2D eigenvalue weighted by atomic mass is 35.5. The molecule has 0 unspecified atom stereocenters. The number of methoxy groups -OCH3 is 2. The summed E-state index contributed by atoms with van der Waals surface area (Å²) in [5.41, 5.74) is 0.464. The maximum absolute atomic E-state index is 13.3. The lowest BCUT2D eigenvalue weighted by molar-refractivity contribution is -0.121. The predicted octanol–water partition coefficient (Wildman–Crippen LogP) is 3.20. The Bertz CT molecular complexity index is 1440. The molecule has 0 saturated carbocycles. The van der Waals surface area contributed by atoms with Crippen LogP contribution in [0.25, 0.3) is 15.9 Å². The number of ether oxygens (including phenoxy) is 2. The van der Waals surface area contributed by atoms with E-state index < -0.39 is 17.2 Å². The summed E-state index contributed by atoms with van der Waals surface area (Å²) in [6.07, 6.45) is 0. The van der Waals surface area contributed by atoms with Crippen LogP contribution in [-0.4, -0.2) is 29.3 Å². The molecule has 0 atom stereocenters. The van der Waals surface area contributed by atoms with E-state index in [4.69, 9.17) is 21.1 Å². The Morgan fingerprint density at radius 2 is 1.82 bits per heavy atom. The van der Waals surface area contributed by atoms with Gasteiger partial charge in [0.1, 0.15) is 11.2 Å². The number of nitrogens with one attached hydrogen (secondary N) is 1. The fraction of sp³-hybridized carbons (Fsp3) is 0.174. The third-order valence-electron chi connectivity index (χ3n) is 5.10. The maximum Gasteiger partial charge on any atom is 0.336 e. The van der Waals surface area contributed by atoms with Gasteiger partial charge in [0.15, 0.2) is 11.5 Å². The Hall–Kier alpha value is -3.56. The van der Waals surface area contributed by atoms with Crippen molar-refractivity contribution in [2.45, 2.75) is 13.1 Å². The van der Waals surface area contributed by atoms with E-state index in [2.05, 4.69) is 5.32 Å². The number of amides is 1. The van der Waals surface area contributed by atoms with Gasteiger partial charge in [-0.15, -0.1) is 11.3 Å². The third kappa shape index (κ3) is 4.37. The lowest BCUT2D eigenvalue weighted by Gasteiger charge is -2.14. The average molecular weight is 486 g/mol. The number of thiophene rings is 1. The molecule has 1 N–H and O–H groups in total. The van der Waals surface area contributed by atoms with Gasteiger partial charge in [-0.25, -0.2) is 9.36 Å². The summed E-state index contributed by atoms with van der Waals surface area (Å²) >= 11 is 7.16. The second-order valence-corrected chi connectivity index (χ2v) is 8.40. The predicted molar refractivity (Wildman–Crippen MR) is 128 cm³/mol. The van der Waals surface area contributed by atoms with Crippen molar-refractivity contribution in [1.29, 1.82) is 0 Å². The maximum atomic E-state index is 13.3. The molecule has 2 heterocycles. The molecule has 0 aliphatic rings. The summed E-state index contributed by atoms with van der Waals surface area (Å²) in [5.74, 6) is 0.681. The summed E-state index contributed by atoms with van der Waals surface area (Å²) in [7, 11) is 3.06.